The van der Waals surface area contributed by atoms with Crippen molar-refractivity contribution in [1.29, 1.82) is 0 Å². The van der Waals surface area contributed by atoms with E-state index in [-0.39, 0.29) is 0 Å². The molecule has 0 spiro atoms. The Morgan fingerprint density at radius 3 is 1.65 bits per heavy atom. The van der Waals surface area contributed by atoms with Crippen molar-refractivity contribution in [3.05, 3.63) is 163 Å². The molecule has 0 fully saturated rings. The number of hydrogen-bond donors (Lipinski definition) is 2. The third-order valence-electron chi connectivity index (χ3n) is 8.34. The molecule has 0 saturated carbocycles. The van der Waals surface area contributed by atoms with Gasteiger partial charge in [0.1, 0.15) is 11.6 Å². The SMILES string of the molecule is CCOC(=O)/C=C/c1cnn2c(NCc3cccnc3)cc(-c3ccccc3)nc12.O=Cc1cnn2c(NCc3cccnc3)cc(-c3ccccc3)nc12. The Bertz CT molecular complexity index is 2540. The number of ether oxygens (including phenoxy) is 1. The zero-order chi connectivity index (χ0) is 37.8. The van der Waals surface area contributed by atoms with Gasteiger partial charge in [-0.3, -0.25) is 14.8 Å². The van der Waals surface area contributed by atoms with E-state index >= 15 is 0 Å². The first-order valence-corrected chi connectivity index (χ1v) is 17.5. The number of aldehydes is 1. The highest BCUT2D eigenvalue weighted by atomic mass is 16.5. The summed E-state index contributed by atoms with van der Waals surface area (Å²) in [5, 5.41) is 15.5. The molecule has 0 unspecified atom stereocenters. The van der Waals surface area contributed by atoms with Gasteiger partial charge in [0.05, 0.1) is 36.0 Å². The normalized spacial score (nSPS) is 10.9. The standard InChI is InChI=1S/C23H21N5O2.C19H15N5O/c1-2-30-22(29)11-10-19-16-26-28-21(25-15-17-7-6-12-24-14-17)13-20(27-23(19)28)18-8-4-3-5-9-18;25-13-16-12-22-24-18(21-11-14-5-4-8-20-10-14)9-17(23-19(16)24)15-6-2-1-3-7-15/h3-14,16,25H,2,15H2,1H3;1-10,12-13,21H,11H2/b11-10+;. The van der Waals surface area contributed by atoms with E-state index in [1.807, 2.05) is 109 Å². The molecule has 8 aromatic rings. The number of esters is 1. The van der Waals surface area contributed by atoms with Gasteiger partial charge in [0, 0.05) is 72.8 Å². The van der Waals surface area contributed by atoms with Crippen LogP contribution in [-0.4, -0.2) is 58.0 Å². The zero-order valence-electron chi connectivity index (χ0n) is 29.9. The highest BCUT2D eigenvalue weighted by molar-refractivity contribution is 5.89. The zero-order valence-corrected chi connectivity index (χ0v) is 29.9. The summed E-state index contributed by atoms with van der Waals surface area (Å²) < 4.78 is 8.34. The Morgan fingerprint density at radius 2 is 1.18 bits per heavy atom. The number of benzene rings is 2. The van der Waals surface area contributed by atoms with Crippen LogP contribution in [-0.2, 0) is 22.6 Å². The fourth-order valence-corrected chi connectivity index (χ4v) is 5.66. The van der Waals surface area contributed by atoms with Gasteiger partial charge in [0.15, 0.2) is 17.6 Å². The fraction of sp³-hybridized carbons (Fsp3) is 0.0952. The predicted molar refractivity (Wildman–Crippen MR) is 211 cm³/mol. The summed E-state index contributed by atoms with van der Waals surface area (Å²) in [6, 6.07) is 31.5. The van der Waals surface area contributed by atoms with Gasteiger partial charge in [-0.05, 0) is 36.3 Å². The summed E-state index contributed by atoms with van der Waals surface area (Å²) in [5.41, 5.74) is 8.03. The predicted octanol–water partition coefficient (Wildman–Crippen LogP) is 7.20. The van der Waals surface area contributed by atoms with Crippen molar-refractivity contribution in [3.63, 3.8) is 0 Å². The van der Waals surface area contributed by atoms with Gasteiger partial charge in [-0.25, -0.2) is 14.8 Å². The van der Waals surface area contributed by atoms with Gasteiger partial charge in [-0.1, -0.05) is 72.8 Å². The van der Waals surface area contributed by atoms with Crippen molar-refractivity contribution < 1.29 is 14.3 Å². The average molecular weight is 729 g/mol. The second kappa shape index (κ2) is 17.3. The van der Waals surface area contributed by atoms with Crippen LogP contribution < -0.4 is 10.6 Å². The van der Waals surface area contributed by atoms with E-state index in [4.69, 9.17) is 9.72 Å². The van der Waals surface area contributed by atoms with E-state index in [1.165, 1.54) is 12.3 Å². The van der Waals surface area contributed by atoms with Crippen LogP contribution in [0.1, 0.15) is 34.0 Å². The van der Waals surface area contributed by atoms with Gasteiger partial charge < -0.3 is 15.4 Å². The first-order chi connectivity index (χ1) is 27.1. The molecule has 2 N–H and O–H groups in total. The first-order valence-electron chi connectivity index (χ1n) is 17.5. The summed E-state index contributed by atoms with van der Waals surface area (Å²) in [6.45, 7) is 3.29. The highest BCUT2D eigenvalue weighted by Gasteiger charge is 2.14. The summed E-state index contributed by atoms with van der Waals surface area (Å²) >= 11 is 0. The van der Waals surface area contributed by atoms with Crippen molar-refractivity contribution in [2.75, 3.05) is 17.2 Å². The van der Waals surface area contributed by atoms with E-state index in [0.29, 0.717) is 36.6 Å². The summed E-state index contributed by atoms with van der Waals surface area (Å²) in [4.78, 5) is 40.7. The minimum atomic E-state index is -0.397. The van der Waals surface area contributed by atoms with Crippen molar-refractivity contribution in [2.45, 2.75) is 20.0 Å². The van der Waals surface area contributed by atoms with Crippen LogP contribution in [0.2, 0.25) is 0 Å². The molecule has 6 aromatic heterocycles. The van der Waals surface area contributed by atoms with Crippen LogP contribution in [0.25, 0.3) is 39.9 Å². The molecule has 272 valence electrons. The van der Waals surface area contributed by atoms with Gasteiger partial charge in [-0.15, -0.1) is 0 Å². The van der Waals surface area contributed by atoms with Crippen molar-refractivity contribution in [1.82, 2.24) is 39.2 Å². The fourth-order valence-electron chi connectivity index (χ4n) is 5.66. The van der Waals surface area contributed by atoms with Crippen LogP contribution in [0.15, 0.2) is 140 Å². The van der Waals surface area contributed by atoms with Crippen LogP contribution in [0, 0.1) is 0 Å². The number of rotatable bonds is 12. The Kier molecular flexibility index (Phi) is 11.3. The molecule has 0 aliphatic heterocycles. The molecule has 55 heavy (non-hydrogen) atoms. The highest BCUT2D eigenvalue weighted by Crippen LogP contribution is 2.26. The quantitative estimate of drug-likeness (QED) is 0.0746. The van der Waals surface area contributed by atoms with E-state index < -0.39 is 5.97 Å². The maximum absolute atomic E-state index is 11.7. The molecule has 2 aromatic carbocycles. The molecule has 6 heterocycles. The van der Waals surface area contributed by atoms with Gasteiger partial charge in [0.25, 0.3) is 0 Å². The number of fused-ring (bicyclic) bond motifs is 2. The second-order valence-electron chi connectivity index (χ2n) is 12.1. The lowest BCUT2D eigenvalue weighted by atomic mass is 10.1. The molecule has 13 heteroatoms. The first kappa shape index (κ1) is 35.8. The van der Waals surface area contributed by atoms with Crippen molar-refractivity contribution >= 4 is 41.3 Å². The molecule has 8 rings (SSSR count). The number of aromatic nitrogens is 8. The molecule has 0 aliphatic rings. The Balaban J connectivity index is 0.000000172. The van der Waals surface area contributed by atoms with E-state index in [1.54, 1.807) is 40.6 Å². The number of anilines is 2. The lowest BCUT2D eigenvalue weighted by molar-refractivity contribution is -0.137. The van der Waals surface area contributed by atoms with Gasteiger partial charge in [-0.2, -0.15) is 19.2 Å². The largest absolute Gasteiger partial charge is 0.463 e. The summed E-state index contributed by atoms with van der Waals surface area (Å²) in [5.74, 6) is 1.16. The number of carbonyl (C=O) groups is 2. The van der Waals surface area contributed by atoms with E-state index in [2.05, 4.69) is 35.8 Å². The van der Waals surface area contributed by atoms with Crippen LogP contribution in [0.5, 0.6) is 0 Å². The molecule has 0 saturated heterocycles. The van der Waals surface area contributed by atoms with E-state index in [9.17, 15) is 9.59 Å². The van der Waals surface area contributed by atoms with Crippen molar-refractivity contribution in [2.24, 2.45) is 0 Å². The number of nitrogens with zero attached hydrogens (tertiary/aromatic N) is 8. The molecule has 0 aliphatic carbocycles. The van der Waals surface area contributed by atoms with Crippen LogP contribution in [0.4, 0.5) is 11.6 Å². The Morgan fingerprint density at radius 1 is 0.673 bits per heavy atom. The molecule has 0 atom stereocenters. The maximum atomic E-state index is 11.7. The number of pyridine rings is 2. The molecule has 0 bridgehead atoms. The summed E-state index contributed by atoms with van der Waals surface area (Å²) in [7, 11) is 0. The second-order valence-corrected chi connectivity index (χ2v) is 12.1. The topological polar surface area (TPSA) is 154 Å². The average Bonchev–Trinajstić information content (AvgIpc) is 3.87. The lowest BCUT2D eigenvalue weighted by Crippen LogP contribution is -2.07. The molecule has 0 amide bonds. The maximum Gasteiger partial charge on any atom is 0.330 e. The third-order valence-corrected chi connectivity index (χ3v) is 8.34. The minimum absolute atomic E-state index is 0.330. The summed E-state index contributed by atoms with van der Waals surface area (Å²) in [6.07, 6.45) is 14.2. The Labute approximate surface area is 316 Å². The monoisotopic (exact) mass is 728 g/mol. The van der Waals surface area contributed by atoms with Crippen molar-refractivity contribution in [3.8, 4) is 22.5 Å². The number of nitrogens with one attached hydrogen (secondary N) is 2. The lowest BCUT2D eigenvalue weighted by Gasteiger charge is -2.11. The van der Waals surface area contributed by atoms with E-state index in [0.717, 1.165) is 57.1 Å². The minimum Gasteiger partial charge on any atom is -0.463 e. The third kappa shape index (κ3) is 8.75. The van der Waals surface area contributed by atoms with Gasteiger partial charge in [0.2, 0.25) is 0 Å². The Hall–Kier alpha value is -7.54. The van der Waals surface area contributed by atoms with Gasteiger partial charge >= 0.3 is 5.97 Å². The van der Waals surface area contributed by atoms with Crippen LogP contribution in [0.3, 0.4) is 0 Å². The van der Waals surface area contributed by atoms with Crippen LogP contribution >= 0.6 is 0 Å². The molecule has 0 radical (unpaired) electrons. The number of hydrogen-bond acceptors (Lipinski definition) is 11. The molecular formula is C42H36N10O3. The number of carbonyl (C=O) groups excluding carboxylic acids is 2. The molecular weight excluding hydrogens is 693 g/mol. The molecule has 13 nitrogen and oxygen atoms in total. The smallest absolute Gasteiger partial charge is 0.330 e.